The van der Waals surface area contributed by atoms with E-state index < -0.39 is 0 Å². The fourth-order valence-electron chi connectivity index (χ4n) is 4.14. The predicted octanol–water partition coefficient (Wildman–Crippen LogP) is 3.87. The number of fused-ring (bicyclic) bond motifs is 1. The Morgan fingerprint density at radius 2 is 2.12 bits per heavy atom. The molecule has 1 unspecified atom stereocenters. The van der Waals surface area contributed by atoms with Crippen LogP contribution in [0.3, 0.4) is 0 Å². The van der Waals surface area contributed by atoms with Crippen LogP contribution in [0, 0.1) is 11.7 Å². The van der Waals surface area contributed by atoms with Crippen LogP contribution in [0.2, 0.25) is 0 Å². The number of hydrogen-bond acceptors (Lipinski definition) is 6. The van der Waals surface area contributed by atoms with Crippen molar-refractivity contribution < 1.29 is 23.5 Å². The topological polar surface area (TPSA) is 105 Å². The number of ether oxygens (including phenoxy) is 2. The summed E-state index contributed by atoms with van der Waals surface area (Å²) in [4.78, 5) is 32.2. The van der Waals surface area contributed by atoms with Gasteiger partial charge in [-0.15, -0.1) is 0 Å². The number of H-pyrrole nitrogens is 1. The first-order valence-electron chi connectivity index (χ1n) is 11.1. The molecule has 0 saturated carbocycles. The molecule has 3 N–H and O–H groups in total. The minimum Gasteiger partial charge on any atom is -0.489 e. The Balaban J connectivity index is 1.77. The van der Waals surface area contributed by atoms with E-state index in [1.165, 1.54) is 19.1 Å². The molecule has 2 aromatic heterocycles. The number of carbonyl (C=O) groups excluding carboxylic acids is 2. The van der Waals surface area contributed by atoms with Gasteiger partial charge in [-0.25, -0.2) is 4.39 Å². The Bertz CT molecular complexity index is 1190. The van der Waals surface area contributed by atoms with Crippen molar-refractivity contribution in [1.82, 2.24) is 15.3 Å². The number of benzene rings is 1. The highest BCUT2D eigenvalue weighted by Crippen LogP contribution is 2.42. The summed E-state index contributed by atoms with van der Waals surface area (Å²) in [5.41, 5.74) is 3.75. The number of carbonyl (C=O) groups is 2. The van der Waals surface area contributed by atoms with Crippen molar-refractivity contribution >= 4 is 23.1 Å². The quantitative estimate of drug-likeness (QED) is 0.414. The zero-order valence-corrected chi connectivity index (χ0v) is 19.1. The minimum atomic E-state index is -0.384. The second kappa shape index (κ2) is 10.5. The van der Waals surface area contributed by atoms with Crippen molar-refractivity contribution in [2.75, 3.05) is 32.2 Å². The summed E-state index contributed by atoms with van der Waals surface area (Å²) < 4.78 is 24.8. The maximum Gasteiger partial charge on any atom is 0.216 e. The van der Waals surface area contributed by atoms with Gasteiger partial charge in [0, 0.05) is 50.1 Å². The number of nitrogens with zero attached hydrogens (tertiary/aromatic N) is 1. The van der Waals surface area contributed by atoms with E-state index in [-0.39, 0.29) is 23.4 Å². The second-order valence-corrected chi connectivity index (χ2v) is 8.21. The molecule has 0 saturated heterocycles. The molecule has 0 aliphatic heterocycles. The summed E-state index contributed by atoms with van der Waals surface area (Å²) in [6.45, 7) is 2.62. The summed E-state index contributed by atoms with van der Waals surface area (Å²) in [6, 6.07) is 7.88. The number of hydrogen-bond donors (Lipinski definition) is 3. The first-order valence-corrected chi connectivity index (χ1v) is 11.1. The van der Waals surface area contributed by atoms with Gasteiger partial charge >= 0.3 is 0 Å². The van der Waals surface area contributed by atoms with Crippen molar-refractivity contribution in [2.45, 2.75) is 19.8 Å². The van der Waals surface area contributed by atoms with Crippen LogP contribution < -0.4 is 15.4 Å². The zero-order chi connectivity index (χ0) is 24.1. The molecule has 9 heteroatoms. The third-order valence-corrected chi connectivity index (χ3v) is 5.66. The van der Waals surface area contributed by atoms with Gasteiger partial charge in [-0.2, -0.15) is 0 Å². The molecule has 0 radical (unpaired) electrons. The lowest BCUT2D eigenvalue weighted by Gasteiger charge is -2.22. The molecule has 178 valence electrons. The van der Waals surface area contributed by atoms with Crippen LogP contribution in [0.25, 0.3) is 11.3 Å². The molecule has 0 fully saturated rings. The van der Waals surface area contributed by atoms with Crippen molar-refractivity contribution in [3.8, 4) is 17.0 Å². The van der Waals surface area contributed by atoms with E-state index in [4.69, 9.17) is 9.47 Å². The van der Waals surface area contributed by atoms with Crippen molar-refractivity contribution in [3.05, 3.63) is 59.8 Å². The van der Waals surface area contributed by atoms with Gasteiger partial charge in [0.1, 0.15) is 18.2 Å². The molecule has 1 aliphatic rings. The van der Waals surface area contributed by atoms with Gasteiger partial charge in [-0.1, -0.05) is 6.07 Å². The third-order valence-electron chi connectivity index (χ3n) is 5.66. The smallest absolute Gasteiger partial charge is 0.216 e. The molecule has 2 heterocycles. The van der Waals surface area contributed by atoms with Crippen LogP contribution in [-0.2, 0) is 16.0 Å². The van der Waals surface area contributed by atoms with E-state index in [2.05, 4.69) is 20.6 Å². The first kappa shape index (κ1) is 23.4. The minimum absolute atomic E-state index is 0.0210. The number of halogens is 1. The Hall–Kier alpha value is -3.72. The Kier molecular flexibility index (Phi) is 7.22. The van der Waals surface area contributed by atoms with E-state index in [9.17, 15) is 14.0 Å². The van der Waals surface area contributed by atoms with Crippen LogP contribution in [0.15, 0.2) is 42.7 Å². The summed E-state index contributed by atoms with van der Waals surface area (Å²) in [6.07, 6.45) is 4.14. The van der Waals surface area contributed by atoms with E-state index in [0.717, 1.165) is 5.69 Å². The van der Waals surface area contributed by atoms with Crippen molar-refractivity contribution in [2.24, 2.45) is 5.92 Å². The Labute approximate surface area is 196 Å². The molecule has 1 aromatic carbocycles. The Morgan fingerprint density at radius 3 is 2.88 bits per heavy atom. The number of rotatable bonds is 9. The van der Waals surface area contributed by atoms with E-state index in [0.29, 0.717) is 66.5 Å². The van der Waals surface area contributed by atoms with Crippen molar-refractivity contribution in [3.63, 3.8) is 0 Å². The number of Topliss-reactive ketones (excluding diaryl/α,β-unsaturated/α-hetero) is 1. The van der Waals surface area contributed by atoms with Crippen LogP contribution in [-0.4, -0.2) is 48.5 Å². The molecule has 1 atom stereocenters. The SMILES string of the molecule is COCCOc1cnccc1-c1[nH]c2c(c1Nc1cccc(F)c1)C(=O)CC(CNC(C)=O)C2. The van der Waals surface area contributed by atoms with Gasteiger partial charge in [0.05, 0.1) is 29.7 Å². The maximum atomic E-state index is 13.9. The molecule has 8 nitrogen and oxygen atoms in total. The number of aromatic nitrogens is 2. The van der Waals surface area contributed by atoms with Gasteiger partial charge in [-0.3, -0.25) is 14.6 Å². The number of nitrogens with one attached hydrogen (secondary N) is 3. The van der Waals surface area contributed by atoms with Gasteiger partial charge in [0.15, 0.2) is 5.78 Å². The molecule has 1 amide bonds. The van der Waals surface area contributed by atoms with E-state index >= 15 is 0 Å². The van der Waals surface area contributed by atoms with Gasteiger partial charge in [0.2, 0.25) is 5.91 Å². The average molecular weight is 467 g/mol. The summed E-state index contributed by atoms with van der Waals surface area (Å²) in [7, 11) is 1.59. The number of pyridine rings is 1. The van der Waals surface area contributed by atoms with Crippen molar-refractivity contribution in [1.29, 1.82) is 0 Å². The normalized spacial score (nSPS) is 15.0. The number of anilines is 2. The lowest BCUT2D eigenvalue weighted by Crippen LogP contribution is -2.32. The summed E-state index contributed by atoms with van der Waals surface area (Å²) >= 11 is 0. The average Bonchev–Trinajstić information content (AvgIpc) is 3.16. The lowest BCUT2D eigenvalue weighted by molar-refractivity contribution is -0.119. The molecule has 34 heavy (non-hydrogen) atoms. The number of aromatic amines is 1. The zero-order valence-electron chi connectivity index (χ0n) is 19.1. The first-order chi connectivity index (χ1) is 16.5. The Morgan fingerprint density at radius 1 is 1.26 bits per heavy atom. The van der Waals surface area contributed by atoms with E-state index in [1.54, 1.807) is 37.7 Å². The summed E-state index contributed by atoms with van der Waals surface area (Å²) in [5, 5.41) is 6.05. The third kappa shape index (κ3) is 5.26. The fraction of sp³-hybridized carbons (Fsp3) is 0.320. The lowest BCUT2D eigenvalue weighted by atomic mass is 9.86. The predicted molar refractivity (Wildman–Crippen MR) is 126 cm³/mol. The van der Waals surface area contributed by atoms with Crippen LogP contribution in [0.1, 0.15) is 29.4 Å². The highest BCUT2D eigenvalue weighted by atomic mass is 19.1. The monoisotopic (exact) mass is 466 g/mol. The molecular formula is C25H27FN4O4. The molecule has 0 bridgehead atoms. The van der Waals surface area contributed by atoms with Crippen LogP contribution >= 0.6 is 0 Å². The largest absolute Gasteiger partial charge is 0.489 e. The highest BCUT2D eigenvalue weighted by Gasteiger charge is 2.32. The van der Waals surface area contributed by atoms with Gasteiger partial charge in [-0.05, 0) is 36.6 Å². The standard InChI is InChI=1S/C25H27FN4O4/c1-15(31)28-13-16-10-20-23(21(32)11-16)25(29-18-5-3-4-17(26)12-18)24(30-20)19-6-7-27-14-22(19)34-9-8-33-2/h3-7,12,14,16,29-30H,8-11,13H2,1-2H3,(H,28,31). The van der Waals surface area contributed by atoms with E-state index in [1.807, 2.05) is 0 Å². The molecule has 1 aliphatic carbocycles. The molecule has 4 rings (SSSR count). The molecule has 0 spiro atoms. The number of methoxy groups -OCH3 is 1. The molecule has 3 aromatic rings. The number of amides is 1. The fourth-order valence-corrected chi connectivity index (χ4v) is 4.14. The summed E-state index contributed by atoms with van der Waals surface area (Å²) in [5.74, 6) is -0.0532. The number of ketones is 1. The van der Waals surface area contributed by atoms with Crippen LogP contribution in [0.4, 0.5) is 15.8 Å². The van der Waals surface area contributed by atoms with Crippen LogP contribution in [0.5, 0.6) is 5.75 Å². The van der Waals surface area contributed by atoms with Gasteiger partial charge in [0.25, 0.3) is 0 Å². The second-order valence-electron chi connectivity index (χ2n) is 8.21. The maximum absolute atomic E-state index is 13.9. The van der Waals surface area contributed by atoms with Gasteiger partial charge < -0.3 is 25.1 Å². The molecular weight excluding hydrogens is 439 g/mol. The highest BCUT2D eigenvalue weighted by molar-refractivity contribution is 6.07.